The second-order valence-corrected chi connectivity index (χ2v) is 7.29. The molecule has 2 rings (SSSR count). The van der Waals surface area contributed by atoms with Gasteiger partial charge in [0.25, 0.3) is 5.91 Å². The third-order valence-corrected chi connectivity index (χ3v) is 5.34. The summed E-state index contributed by atoms with van der Waals surface area (Å²) in [6, 6.07) is 7.68. The molecule has 1 aromatic carbocycles. The molecular weight excluding hydrogens is 467 g/mol. The smallest absolute Gasteiger partial charge is 0.251 e. The Hall–Kier alpha value is -1.35. The van der Waals surface area contributed by atoms with Gasteiger partial charge in [0, 0.05) is 46.0 Å². The number of hydrogen-bond donors (Lipinski definition) is 3. The van der Waals surface area contributed by atoms with E-state index >= 15 is 0 Å². The van der Waals surface area contributed by atoms with Crippen molar-refractivity contribution < 1.29 is 9.53 Å². The Morgan fingerprint density at radius 1 is 1.21 bits per heavy atom. The lowest BCUT2D eigenvalue weighted by molar-refractivity contribution is 0.0955. The first-order valence-electron chi connectivity index (χ1n) is 9.93. The normalized spacial score (nSPS) is 15.6. The van der Waals surface area contributed by atoms with Crippen molar-refractivity contribution in [3.05, 3.63) is 35.4 Å². The predicted octanol–water partition coefficient (Wildman–Crippen LogP) is 3.32. The third-order valence-electron chi connectivity index (χ3n) is 5.34. The molecule has 0 radical (unpaired) electrons. The largest absolute Gasteiger partial charge is 0.385 e. The Balaban J connectivity index is 0.00000392. The van der Waals surface area contributed by atoms with Crippen LogP contribution in [0.4, 0.5) is 0 Å². The van der Waals surface area contributed by atoms with Crippen LogP contribution in [0.5, 0.6) is 0 Å². The molecule has 6 nitrogen and oxygen atoms in total. The minimum absolute atomic E-state index is 0. The summed E-state index contributed by atoms with van der Waals surface area (Å²) in [5, 5.41) is 9.68. The van der Waals surface area contributed by atoms with Crippen molar-refractivity contribution in [1.29, 1.82) is 0 Å². The minimum Gasteiger partial charge on any atom is -0.385 e. The van der Waals surface area contributed by atoms with Crippen LogP contribution >= 0.6 is 24.0 Å². The number of hydrogen-bond acceptors (Lipinski definition) is 3. The highest BCUT2D eigenvalue weighted by Gasteiger charge is 2.33. The van der Waals surface area contributed by atoms with E-state index < -0.39 is 0 Å². The number of aliphatic imine (C=N–C) groups is 1. The number of ether oxygens (including phenoxy) is 1. The Morgan fingerprint density at radius 3 is 2.61 bits per heavy atom. The van der Waals surface area contributed by atoms with E-state index in [9.17, 15) is 4.79 Å². The topological polar surface area (TPSA) is 74.8 Å². The van der Waals surface area contributed by atoms with Crippen LogP contribution in [0.15, 0.2) is 29.3 Å². The van der Waals surface area contributed by atoms with E-state index in [0.717, 1.165) is 31.1 Å². The maximum absolute atomic E-state index is 12.0. The van der Waals surface area contributed by atoms with Gasteiger partial charge in [0.05, 0.1) is 0 Å². The predicted molar refractivity (Wildman–Crippen MR) is 125 cm³/mol. The average Bonchev–Trinajstić information content (AvgIpc) is 3.16. The Kier molecular flexibility index (Phi) is 11.4. The van der Waals surface area contributed by atoms with Crippen LogP contribution in [-0.4, -0.2) is 45.7 Å². The second-order valence-electron chi connectivity index (χ2n) is 7.29. The van der Waals surface area contributed by atoms with Crippen molar-refractivity contribution in [2.45, 2.75) is 45.6 Å². The highest BCUT2D eigenvalue weighted by atomic mass is 127. The molecule has 1 fully saturated rings. The lowest BCUT2D eigenvalue weighted by Gasteiger charge is -2.30. The van der Waals surface area contributed by atoms with E-state index in [2.05, 4.69) is 20.9 Å². The highest BCUT2D eigenvalue weighted by Crippen LogP contribution is 2.40. The van der Waals surface area contributed by atoms with Gasteiger partial charge in [0.1, 0.15) is 0 Å². The number of guanidine groups is 1. The Morgan fingerprint density at radius 2 is 1.96 bits per heavy atom. The first kappa shape index (κ1) is 24.7. The van der Waals surface area contributed by atoms with Crippen molar-refractivity contribution in [2.24, 2.45) is 10.4 Å². The maximum atomic E-state index is 12.0. The zero-order valence-electron chi connectivity index (χ0n) is 17.3. The summed E-state index contributed by atoms with van der Waals surface area (Å²) in [5.74, 6) is 0.755. The highest BCUT2D eigenvalue weighted by molar-refractivity contribution is 14.0. The van der Waals surface area contributed by atoms with E-state index in [-0.39, 0.29) is 29.9 Å². The molecule has 0 atom stereocenters. The summed E-state index contributed by atoms with van der Waals surface area (Å²) in [6.07, 6.45) is 6.17. The monoisotopic (exact) mass is 502 g/mol. The van der Waals surface area contributed by atoms with Crippen molar-refractivity contribution in [1.82, 2.24) is 16.0 Å². The van der Waals surface area contributed by atoms with Crippen molar-refractivity contribution in [3.63, 3.8) is 0 Å². The van der Waals surface area contributed by atoms with Gasteiger partial charge in [0.15, 0.2) is 5.96 Å². The molecule has 158 valence electrons. The van der Waals surface area contributed by atoms with Gasteiger partial charge in [0.2, 0.25) is 0 Å². The molecule has 1 aromatic rings. The number of amides is 1. The van der Waals surface area contributed by atoms with Crippen LogP contribution in [0.2, 0.25) is 0 Å². The van der Waals surface area contributed by atoms with E-state index in [1.807, 2.05) is 31.2 Å². The number of nitrogens with zero attached hydrogens (tertiary/aromatic N) is 1. The fourth-order valence-corrected chi connectivity index (χ4v) is 3.72. The Bertz CT molecular complexity index is 631. The molecule has 0 bridgehead atoms. The molecule has 0 aliphatic heterocycles. The summed E-state index contributed by atoms with van der Waals surface area (Å²) < 4.78 is 5.31. The first-order valence-corrected chi connectivity index (χ1v) is 9.93. The molecule has 1 amide bonds. The molecule has 3 N–H and O–H groups in total. The van der Waals surface area contributed by atoms with Crippen LogP contribution in [0.25, 0.3) is 0 Å². The Labute approximate surface area is 186 Å². The van der Waals surface area contributed by atoms with Crippen molar-refractivity contribution >= 4 is 35.8 Å². The molecule has 0 heterocycles. The fraction of sp³-hybridized carbons (Fsp3) is 0.619. The lowest BCUT2D eigenvalue weighted by atomic mass is 9.83. The number of rotatable bonds is 9. The number of halogens is 1. The van der Waals surface area contributed by atoms with Gasteiger partial charge in [-0.25, -0.2) is 0 Å². The summed E-state index contributed by atoms with van der Waals surface area (Å²) in [6.45, 7) is 4.89. The van der Waals surface area contributed by atoms with Crippen LogP contribution in [0.1, 0.15) is 54.9 Å². The molecule has 7 heteroatoms. The van der Waals surface area contributed by atoms with Gasteiger partial charge in [-0.2, -0.15) is 0 Å². The number of nitrogens with one attached hydrogen (secondary N) is 3. The average molecular weight is 502 g/mol. The summed E-state index contributed by atoms with van der Waals surface area (Å²) >= 11 is 0. The van der Waals surface area contributed by atoms with Crippen molar-refractivity contribution in [2.75, 3.05) is 33.9 Å². The molecule has 0 unspecified atom stereocenters. The number of methoxy groups -OCH3 is 1. The summed E-state index contributed by atoms with van der Waals surface area (Å²) in [5.41, 5.74) is 2.05. The quantitative estimate of drug-likeness (QED) is 0.275. The number of benzene rings is 1. The second kappa shape index (κ2) is 13.0. The van der Waals surface area contributed by atoms with Crippen LogP contribution in [0.3, 0.4) is 0 Å². The van der Waals surface area contributed by atoms with Gasteiger partial charge < -0.3 is 20.7 Å². The van der Waals surface area contributed by atoms with Crippen LogP contribution in [0, 0.1) is 5.41 Å². The minimum atomic E-state index is -0.0387. The maximum Gasteiger partial charge on any atom is 0.251 e. The van der Waals surface area contributed by atoms with E-state index in [1.165, 1.54) is 25.7 Å². The zero-order valence-corrected chi connectivity index (χ0v) is 19.7. The van der Waals surface area contributed by atoms with Gasteiger partial charge >= 0.3 is 0 Å². The fourth-order valence-electron chi connectivity index (χ4n) is 3.72. The zero-order chi connectivity index (χ0) is 19.5. The molecular formula is C21H35IN4O2. The summed E-state index contributed by atoms with van der Waals surface area (Å²) in [7, 11) is 3.56. The van der Waals surface area contributed by atoms with Gasteiger partial charge in [-0.3, -0.25) is 9.79 Å². The lowest BCUT2D eigenvalue weighted by Crippen LogP contribution is -2.43. The molecule has 28 heavy (non-hydrogen) atoms. The van der Waals surface area contributed by atoms with Gasteiger partial charge in [-0.05, 0) is 49.3 Å². The van der Waals surface area contributed by atoms with Crippen LogP contribution in [-0.2, 0) is 11.3 Å². The van der Waals surface area contributed by atoms with Crippen molar-refractivity contribution in [3.8, 4) is 0 Å². The van der Waals surface area contributed by atoms with E-state index in [4.69, 9.17) is 4.74 Å². The summed E-state index contributed by atoms with van der Waals surface area (Å²) in [4.78, 5) is 16.3. The molecule has 0 aromatic heterocycles. The first-order chi connectivity index (χ1) is 13.1. The molecule has 1 aliphatic rings. The van der Waals surface area contributed by atoms with E-state index in [1.54, 1.807) is 14.2 Å². The van der Waals surface area contributed by atoms with Gasteiger partial charge in [-0.1, -0.05) is 25.0 Å². The van der Waals surface area contributed by atoms with Gasteiger partial charge in [-0.15, -0.1) is 24.0 Å². The SMILES string of the molecule is CCNC(=O)c1cccc(CNC(=NC)NCC2(CCOC)CCCC2)c1.I. The number of carbonyl (C=O) groups is 1. The molecule has 1 saturated carbocycles. The molecule has 1 aliphatic carbocycles. The third kappa shape index (κ3) is 7.58. The standard InChI is InChI=1S/C21H34N4O2.HI/c1-4-23-19(26)18-9-7-8-17(14-18)15-24-20(22-2)25-16-21(12-13-27-3)10-5-6-11-21;/h7-9,14H,4-6,10-13,15-16H2,1-3H3,(H,23,26)(H2,22,24,25);1H. The molecule has 0 saturated heterocycles. The molecule has 0 spiro atoms. The number of carbonyl (C=O) groups excluding carboxylic acids is 1. The van der Waals surface area contributed by atoms with E-state index in [0.29, 0.717) is 24.1 Å². The van der Waals surface area contributed by atoms with Crippen LogP contribution < -0.4 is 16.0 Å².